The number of hydrogen-bond acceptors (Lipinski definition) is 6. The molecule has 0 atom stereocenters. The zero-order chi connectivity index (χ0) is 15.0. The molecule has 7 nitrogen and oxygen atoms in total. The molecule has 0 bridgehead atoms. The second kappa shape index (κ2) is 4.78. The molecule has 2 aromatic heterocycles. The van der Waals surface area contributed by atoms with Crippen LogP contribution in [0.3, 0.4) is 0 Å². The van der Waals surface area contributed by atoms with Crippen LogP contribution in [-0.4, -0.2) is 30.1 Å². The van der Waals surface area contributed by atoms with Gasteiger partial charge in [-0.05, 0) is 26.0 Å². The fourth-order valence-corrected chi connectivity index (χ4v) is 2.02. The van der Waals surface area contributed by atoms with Crippen molar-refractivity contribution in [2.24, 2.45) is 0 Å². The van der Waals surface area contributed by atoms with Crippen molar-refractivity contribution in [2.75, 3.05) is 5.73 Å². The highest BCUT2D eigenvalue weighted by Gasteiger charge is 2.20. The zero-order valence-corrected chi connectivity index (χ0v) is 11.9. The van der Waals surface area contributed by atoms with Crippen LogP contribution >= 0.6 is 0 Å². The van der Waals surface area contributed by atoms with Gasteiger partial charge in [-0.3, -0.25) is 0 Å². The van der Waals surface area contributed by atoms with Gasteiger partial charge in [-0.25, -0.2) is 14.6 Å². The largest absolute Gasteiger partial charge is 0.384 e. The molecule has 3 N–H and O–H groups in total. The normalized spacial score (nSPS) is 12.0. The molecule has 0 spiro atoms. The predicted octanol–water partition coefficient (Wildman–Crippen LogP) is 1.08. The molecule has 0 aliphatic carbocycles. The van der Waals surface area contributed by atoms with Crippen molar-refractivity contribution in [3.63, 3.8) is 0 Å². The molecule has 0 fully saturated rings. The Morgan fingerprint density at radius 3 is 2.71 bits per heavy atom. The van der Waals surface area contributed by atoms with Gasteiger partial charge in [0.25, 0.3) is 0 Å². The van der Waals surface area contributed by atoms with E-state index in [4.69, 9.17) is 5.73 Å². The number of nitrogen functional groups attached to an aromatic ring is 1. The number of nitrogens with two attached hydrogens (primary N) is 1. The summed E-state index contributed by atoms with van der Waals surface area (Å²) in [6, 6.07) is 7.58. The first-order valence-corrected chi connectivity index (χ1v) is 6.57. The van der Waals surface area contributed by atoms with E-state index in [1.54, 1.807) is 24.7 Å². The van der Waals surface area contributed by atoms with Crippen molar-refractivity contribution in [2.45, 2.75) is 26.0 Å². The van der Waals surface area contributed by atoms with Crippen molar-refractivity contribution in [3.8, 4) is 0 Å². The standard InChI is InChI=1S/C14H16N6O/c1-14(2,21)11-7-20(19-18-11)8-12-16-10-6-4-3-5-9(10)13(15)17-12/h3-7,21H,8H2,1-2H3,(H2,15,16,17). The van der Waals surface area contributed by atoms with Gasteiger partial charge in [0, 0.05) is 5.39 Å². The summed E-state index contributed by atoms with van der Waals surface area (Å²) in [6.45, 7) is 3.66. The highest BCUT2D eigenvalue weighted by molar-refractivity contribution is 5.87. The highest BCUT2D eigenvalue weighted by Crippen LogP contribution is 2.18. The lowest BCUT2D eigenvalue weighted by molar-refractivity contribution is 0.0737. The van der Waals surface area contributed by atoms with Crippen molar-refractivity contribution in [1.29, 1.82) is 0 Å². The number of rotatable bonds is 3. The lowest BCUT2D eigenvalue weighted by atomic mass is 10.1. The van der Waals surface area contributed by atoms with Gasteiger partial charge in [0.15, 0.2) is 5.82 Å². The topological polar surface area (TPSA) is 103 Å². The minimum atomic E-state index is -1.03. The summed E-state index contributed by atoms with van der Waals surface area (Å²) in [6.07, 6.45) is 1.68. The summed E-state index contributed by atoms with van der Waals surface area (Å²) < 4.78 is 1.58. The van der Waals surface area contributed by atoms with Gasteiger partial charge in [0.2, 0.25) is 0 Å². The average Bonchev–Trinajstić information content (AvgIpc) is 2.87. The molecule has 3 rings (SSSR count). The number of para-hydroxylation sites is 1. The maximum absolute atomic E-state index is 9.89. The van der Waals surface area contributed by atoms with Crippen LogP contribution in [0.15, 0.2) is 30.5 Å². The van der Waals surface area contributed by atoms with Crippen molar-refractivity contribution in [1.82, 2.24) is 25.0 Å². The Hall–Kier alpha value is -2.54. The van der Waals surface area contributed by atoms with Crippen LogP contribution in [-0.2, 0) is 12.1 Å². The smallest absolute Gasteiger partial charge is 0.152 e. The third-order valence-corrected chi connectivity index (χ3v) is 3.15. The minimum absolute atomic E-state index is 0.345. The highest BCUT2D eigenvalue weighted by atomic mass is 16.3. The number of hydrogen-bond donors (Lipinski definition) is 2. The number of aromatic nitrogens is 5. The molecule has 7 heteroatoms. The fourth-order valence-electron chi connectivity index (χ4n) is 2.02. The average molecular weight is 284 g/mol. The van der Waals surface area contributed by atoms with Gasteiger partial charge in [-0.15, -0.1) is 5.10 Å². The summed E-state index contributed by atoms with van der Waals surface area (Å²) in [4.78, 5) is 8.74. The Bertz CT molecular complexity index is 790. The second-order valence-corrected chi connectivity index (χ2v) is 5.40. The molecule has 0 radical (unpaired) electrons. The van der Waals surface area contributed by atoms with E-state index in [0.29, 0.717) is 23.9 Å². The molecule has 0 unspecified atom stereocenters. The van der Waals surface area contributed by atoms with Crippen LogP contribution in [0.25, 0.3) is 10.9 Å². The lowest BCUT2D eigenvalue weighted by Gasteiger charge is -2.11. The quantitative estimate of drug-likeness (QED) is 0.746. The van der Waals surface area contributed by atoms with Crippen LogP contribution in [0, 0.1) is 0 Å². The minimum Gasteiger partial charge on any atom is -0.384 e. The van der Waals surface area contributed by atoms with E-state index in [9.17, 15) is 5.11 Å². The summed E-state index contributed by atoms with van der Waals surface area (Å²) in [7, 11) is 0. The van der Waals surface area contributed by atoms with E-state index in [0.717, 1.165) is 10.9 Å². The van der Waals surface area contributed by atoms with Gasteiger partial charge in [0.05, 0.1) is 11.7 Å². The van der Waals surface area contributed by atoms with Crippen LogP contribution in [0.2, 0.25) is 0 Å². The van der Waals surface area contributed by atoms with E-state index in [1.165, 1.54) is 0 Å². The summed E-state index contributed by atoms with van der Waals surface area (Å²) in [5, 5.41) is 18.6. The number of fused-ring (bicyclic) bond motifs is 1. The second-order valence-electron chi connectivity index (χ2n) is 5.40. The molecular formula is C14H16N6O. The van der Waals surface area contributed by atoms with Crippen molar-refractivity contribution in [3.05, 3.63) is 42.0 Å². The van der Waals surface area contributed by atoms with Crippen molar-refractivity contribution >= 4 is 16.7 Å². The van der Waals surface area contributed by atoms with Gasteiger partial charge >= 0.3 is 0 Å². The Morgan fingerprint density at radius 1 is 1.24 bits per heavy atom. The molecule has 0 amide bonds. The van der Waals surface area contributed by atoms with E-state index in [-0.39, 0.29) is 0 Å². The van der Waals surface area contributed by atoms with Crippen LogP contribution in [0.5, 0.6) is 0 Å². The van der Waals surface area contributed by atoms with E-state index in [1.807, 2.05) is 24.3 Å². The molecule has 1 aromatic carbocycles. The first-order chi connectivity index (χ1) is 9.93. The molecule has 0 aliphatic heterocycles. The molecule has 108 valence electrons. The molecule has 0 saturated heterocycles. The van der Waals surface area contributed by atoms with Crippen LogP contribution in [0.4, 0.5) is 5.82 Å². The van der Waals surface area contributed by atoms with Crippen LogP contribution < -0.4 is 5.73 Å². The SMILES string of the molecule is CC(C)(O)c1cn(Cc2nc(N)c3ccccc3n2)nn1. The van der Waals surface area contributed by atoms with E-state index >= 15 is 0 Å². The number of nitrogens with zero attached hydrogens (tertiary/aromatic N) is 5. The van der Waals surface area contributed by atoms with Crippen molar-refractivity contribution < 1.29 is 5.11 Å². The lowest BCUT2D eigenvalue weighted by Crippen LogP contribution is -2.15. The number of anilines is 1. The Kier molecular flexibility index (Phi) is 3.06. The maximum Gasteiger partial charge on any atom is 0.152 e. The van der Waals surface area contributed by atoms with Gasteiger partial charge in [0.1, 0.15) is 23.7 Å². The molecule has 21 heavy (non-hydrogen) atoms. The first-order valence-electron chi connectivity index (χ1n) is 6.57. The zero-order valence-electron chi connectivity index (χ0n) is 11.9. The number of aliphatic hydroxyl groups is 1. The third kappa shape index (κ3) is 2.68. The Labute approximate surface area is 121 Å². The maximum atomic E-state index is 9.89. The number of benzene rings is 1. The molecule has 3 aromatic rings. The van der Waals surface area contributed by atoms with E-state index in [2.05, 4.69) is 20.3 Å². The molecular weight excluding hydrogens is 268 g/mol. The van der Waals surface area contributed by atoms with Gasteiger partial charge in [-0.1, -0.05) is 17.3 Å². The predicted molar refractivity (Wildman–Crippen MR) is 78.3 cm³/mol. The first kappa shape index (κ1) is 13.4. The summed E-state index contributed by atoms with van der Waals surface area (Å²) >= 11 is 0. The Morgan fingerprint density at radius 2 is 2.00 bits per heavy atom. The van der Waals surface area contributed by atoms with Gasteiger partial charge < -0.3 is 10.8 Å². The molecule has 0 aliphatic rings. The fraction of sp³-hybridized carbons (Fsp3) is 0.286. The summed E-state index contributed by atoms with van der Waals surface area (Å²) in [5.41, 5.74) is 6.21. The van der Waals surface area contributed by atoms with Gasteiger partial charge in [-0.2, -0.15) is 0 Å². The third-order valence-electron chi connectivity index (χ3n) is 3.15. The molecule has 2 heterocycles. The van der Waals surface area contributed by atoms with Crippen LogP contribution in [0.1, 0.15) is 25.4 Å². The summed E-state index contributed by atoms with van der Waals surface area (Å²) in [5.74, 6) is 0.997. The Balaban J connectivity index is 1.93. The molecule has 0 saturated carbocycles. The monoisotopic (exact) mass is 284 g/mol. The van der Waals surface area contributed by atoms with E-state index < -0.39 is 5.60 Å².